The van der Waals surface area contributed by atoms with E-state index in [2.05, 4.69) is 15.4 Å². The Morgan fingerprint density at radius 2 is 2.07 bits per heavy atom. The van der Waals surface area contributed by atoms with Crippen LogP contribution in [0.3, 0.4) is 0 Å². The molecule has 2 aromatic rings. The molecule has 1 N–H and O–H groups in total. The van der Waals surface area contributed by atoms with Gasteiger partial charge in [-0.15, -0.1) is 0 Å². The molecule has 2 rings (SSSR count). The summed E-state index contributed by atoms with van der Waals surface area (Å²) in [4.78, 5) is 0. The van der Waals surface area contributed by atoms with Gasteiger partial charge in [-0.1, -0.05) is 18.2 Å². The zero-order valence-corrected chi connectivity index (χ0v) is 7.68. The van der Waals surface area contributed by atoms with Crippen molar-refractivity contribution in [2.75, 3.05) is 6.61 Å². The maximum atomic E-state index is 5.50. The highest BCUT2D eigenvalue weighted by Gasteiger charge is 1.96. The van der Waals surface area contributed by atoms with Gasteiger partial charge < -0.3 is 4.74 Å². The zero-order valence-electron chi connectivity index (χ0n) is 7.68. The topological polar surface area (TPSA) is 50.8 Å². The van der Waals surface area contributed by atoms with Crippen molar-refractivity contribution in [3.05, 3.63) is 42.2 Å². The quantitative estimate of drug-likeness (QED) is 0.791. The Bertz CT molecular complexity index is 358. The minimum Gasteiger partial charge on any atom is -0.493 e. The number of nitrogens with zero attached hydrogens (tertiary/aromatic N) is 2. The SMILES string of the molecule is c1ccc(OCCc2cn[nH]n2)cc1. The van der Waals surface area contributed by atoms with E-state index in [0.29, 0.717) is 6.61 Å². The molecule has 0 saturated carbocycles. The Labute approximate surface area is 81.9 Å². The molecule has 0 unspecified atom stereocenters. The van der Waals surface area contributed by atoms with Crippen molar-refractivity contribution in [3.63, 3.8) is 0 Å². The molecule has 72 valence electrons. The van der Waals surface area contributed by atoms with Crippen LogP contribution in [-0.2, 0) is 6.42 Å². The lowest BCUT2D eigenvalue weighted by Gasteiger charge is -2.03. The fraction of sp³-hybridized carbons (Fsp3) is 0.200. The number of benzene rings is 1. The summed E-state index contributed by atoms with van der Waals surface area (Å²) in [6.45, 7) is 0.622. The third kappa shape index (κ3) is 2.32. The van der Waals surface area contributed by atoms with Gasteiger partial charge in [0.05, 0.1) is 18.5 Å². The minimum atomic E-state index is 0.622. The number of aromatic amines is 1. The molecular weight excluding hydrogens is 178 g/mol. The first-order chi connectivity index (χ1) is 6.95. The summed E-state index contributed by atoms with van der Waals surface area (Å²) in [6, 6.07) is 9.73. The summed E-state index contributed by atoms with van der Waals surface area (Å²) in [7, 11) is 0. The molecular formula is C10H11N3O. The van der Waals surface area contributed by atoms with Crippen LogP contribution < -0.4 is 4.74 Å². The van der Waals surface area contributed by atoms with E-state index in [9.17, 15) is 0 Å². The van der Waals surface area contributed by atoms with E-state index in [-0.39, 0.29) is 0 Å². The molecule has 0 amide bonds. The van der Waals surface area contributed by atoms with Crippen molar-refractivity contribution in [1.29, 1.82) is 0 Å². The maximum absolute atomic E-state index is 5.50. The third-order valence-electron chi connectivity index (χ3n) is 1.84. The third-order valence-corrected chi connectivity index (χ3v) is 1.84. The van der Waals surface area contributed by atoms with Crippen LogP contribution in [0.4, 0.5) is 0 Å². The second-order valence-corrected chi connectivity index (χ2v) is 2.87. The highest BCUT2D eigenvalue weighted by molar-refractivity contribution is 5.20. The van der Waals surface area contributed by atoms with Crippen LogP contribution >= 0.6 is 0 Å². The summed E-state index contributed by atoms with van der Waals surface area (Å²) >= 11 is 0. The molecule has 0 spiro atoms. The van der Waals surface area contributed by atoms with Gasteiger partial charge in [0.25, 0.3) is 0 Å². The molecule has 0 atom stereocenters. The smallest absolute Gasteiger partial charge is 0.119 e. The number of nitrogens with one attached hydrogen (secondary N) is 1. The number of hydrogen-bond donors (Lipinski definition) is 1. The molecule has 0 aliphatic carbocycles. The van der Waals surface area contributed by atoms with Crippen LogP contribution in [0.25, 0.3) is 0 Å². The van der Waals surface area contributed by atoms with Crippen molar-refractivity contribution >= 4 is 0 Å². The van der Waals surface area contributed by atoms with Gasteiger partial charge in [0, 0.05) is 6.42 Å². The van der Waals surface area contributed by atoms with Crippen LogP contribution in [-0.4, -0.2) is 22.0 Å². The van der Waals surface area contributed by atoms with E-state index in [1.807, 2.05) is 30.3 Å². The Kier molecular flexibility index (Phi) is 2.76. The number of para-hydroxylation sites is 1. The molecule has 1 aromatic carbocycles. The molecule has 1 heterocycles. The van der Waals surface area contributed by atoms with Gasteiger partial charge in [0.2, 0.25) is 0 Å². The van der Waals surface area contributed by atoms with E-state index in [4.69, 9.17) is 4.74 Å². The highest BCUT2D eigenvalue weighted by Crippen LogP contribution is 2.08. The Morgan fingerprint density at radius 1 is 1.21 bits per heavy atom. The number of aromatic nitrogens is 3. The summed E-state index contributed by atoms with van der Waals surface area (Å²) < 4.78 is 5.50. The Hall–Kier alpha value is -1.84. The average Bonchev–Trinajstić information content (AvgIpc) is 2.72. The molecule has 0 aliphatic rings. The van der Waals surface area contributed by atoms with E-state index in [0.717, 1.165) is 17.9 Å². The minimum absolute atomic E-state index is 0.622. The molecule has 0 aliphatic heterocycles. The predicted molar refractivity (Wildman–Crippen MR) is 52.0 cm³/mol. The summed E-state index contributed by atoms with van der Waals surface area (Å²) in [5.74, 6) is 0.885. The first kappa shape index (κ1) is 8.74. The van der Waals surface area contributed by atoms with E-state index in [1.165, 1.54) is 0 Å². The number of H-pyrrole nitrogens is 1. The molecule has 0 bridgehead atoms. The Morgan fingerprint density at radius 3 is 2.79 bits per heavy atom. The van der Waals surface area contributed by atoms with Crippen molar-refractivity contribution in [2.45, 2.75) is 6.42 Å². The van der Waals surface area contributed by atoms with Gasteiger partial charge in [-0.25, -0.2) is 0 Å². The molecule has 4 heteroatoms. The van der Waals surface area contributed by atoms with Crippen LogP contribution in [0.2, 0.25) is 0 Å². The fourth-order valence-corrected chi connectivity index (χ4v) is 1.14. The van der Waals surface area contributed by atoms with Gasteiger partial charge in [0.15, 0.2) is 0 Å². The number of hydrogen-bond acceptors (Lipinski definition) is 3. The van der Waals surface area contributed by atoms with Gasteiger partial charge in [0.1, 0.15) is 5.75 Å². The zero-order chi connectivity index (χ0) is 9.64. The average molecular weight is 189 g/mol. The van der Waals surface area contributed by atoms with Crippen LogP contribution in [0.15, 0.2) is 36.5 Å². The normalized spacial score (nSPS) is 10.0. The summed E-state index contributed by atoms with van der Waals surface area (Å²) in [5, 5.41) is 10.2. The summed E-state index contributed by atoms with van der Waals surface area (Å²) in [5.41, 5.74) is 0.918. The molecule has 1 aromatic heterocycles. The lowest BCUT2D eigenvalue weighted by atomic mass is 10.3. The van der Waals surface area contributed by atoms with Gasteiger partial charge in [-0.3, -0.25) is 0 Å². The molecule has 0 fully saturated rings. The molecule has 0 radical (unpaired) electrons. The summed E-state index contributed by atoms with van der Waals surface area (Å²) in [6.07, 6.45) is 2.47. The largest absolute Gasteiger partial charge is 0.493 e. The van der Waals surface area contributed by atoms with E-state index >= 15 is 0 Å². The molecule has 14 heavy (non-hydrogen) atoms. The lowest BCUT2D eigenvalue weighted by molar-refractivity contribution is 0.320. The van der Waals surface area contributed by atoms with Crippen LogP contribution in [0, 0.1) is 0 Å². The van der Waals surface area contributed by atoms with Crippen molar-refractivity contribution in [1.82, 2.24) is 15.4 Å². The van der Waals surface area contributed by atoms with Crippen molar-refractivity contribution < 1.29 is 4.74 Å². The van der Waals surface area contributed by atoms with Crippen LogP contribution in [0.1, 0.15) is 5.69 Å². The maximum Gasteiger partial charge on any atom is 0.119 e. The fourth-order valence-electron chi connectivity index (χ4n) is 1.14. The number of rotatable bonds is 4. The predicted octanol–water partition coefficient (Wildman–Crippen LogP) is 1.43. The van der Waals surface area contributed by atoms with Crippen LogP contribution in [0.5, 0.6) is 5.75 Å². The monoisotopic (exact) mass is 189 g/mol. The van der Waals surface area contributed by atoms with Gasteiger partial charge in [-0.2, -0.15) is 15.4 Å². The molecule has 4 nitrogen and oxygen atoms in total. The van der Waals surface area contributed by atoms with Crippen molar-refractivity contribution in [2.24, 2.45) is 0 Å². The first-order valence-corrected chi connectivity index (χ1v) is 4.47. The highest BCUT2D eigenvalue weighted by atomic mass is 16.5. The second-order valence-electron chi connectivity index (χ2n) is 2.87. The first-order valence-electron chi connectivity index (χ1n) is 4.47. The van der Waals surface area contributed by atoms with E-state index in [1.54, 1.807) is 6.20 Å². The Balaban J connectivity index is 1.79. The number of ether oxygens (including phenoxy) is 1. The lowest BCUT2D eigenvalue weighted by Crippen LogP contribution is -2.01. The van der Waals surface area contributed by atoms with Crippen molar-refractivity contribution in [3.8, 4) is 5.75 Å². The van der Waals surface area contributed by atoms with E-state index < -0.39 is 0 Å². The molecule has 0 saturated heterocycles. The van der Waals surface area contributed by atoms with Gasteiger partial charge >= 0.3 is 0 Å². The second kappa shape index (κ2) is 4.41. The van der Waals surface area contributed by atoms with Gasteiger partial charge in [-0.05, 0) is 12.1 Å². The standard InChI is InChI=1S/C10H11N3O/c1-2-4-10(5-3-1)14-7-6-9-8-11-13-12-9/h1-5,8H,6-7H2,(H,11,12,13).